The van der Waals surface area contributed by atoms with Crippen molar-refractivity contribution in [3.05, 3.63) is 35.9 Å². The summed E-state index contributed by atoms with van der Waals surface area (Å²) in [5.74, 6) is 0.951. The Bertz CT molecular complexity index is 413. The first kappa shape index (κ1) is 14.9. The van der Waals surface area contributed by atoms with Gasteiger partial charge in [0.15, 0.2) is 5.96 Å². The number of ether oxygens (including phenoxy) is 1. The summed E-state index contributed by atoms with van der Waals surface area (Å²) in [6.07, 6.45) is 2.59. The molecule has 1 atom stereocenters. The van der Waals surface area contributed by atoms with E-state index >= 15 is 0 Å². The smallest absolute Gasteiger partial charge is 0.194 e. The highest BCUT2D eigenvalue weighted by Gasteiger charge is 2.15. The molecule has 20 heavy (non-hydrogen) atoms. The number of nitrogens with one attached hydrogen (secondary N) is 1. The minimum Gasteiger partial charge on any atom is -0.376 e. The summed E-state index contributed by atoms with van der Waals surface area (Å²) in [6, 6.07) is 10.5. The van der Waals surface area contributed by atoms with E-state index in [9.17, 15) is 0 Å². The summed E-state index contributed by atoms with van der Waals surface area (Å²) < 4.78 is 5.63. The van der Waals surface area contributed by atoms with Gasteiger partial charge in [-0.2, -0.15) is 0 Å². The van der Waals surface area contributed by atoms with E-state index in [0.717, 1.165) is 45.0 Å². The third-order valence-corrected chi connectivity index (χ3v) is 3.43. The van der Waals surface area contributed by atoms with Crippen LogP contribution in [0.2, 0.25) is 0 Å². The summed E-state index contributed by atoms with van der Waals surface area (Å²) >= 11 is 0. The Morgan fingerprint density at radius 3 is 2.85 bits per heavy atom. The van der Waals surface area contributed by atoms with Crippen LogP contribution < -0.4 is 5.32 Å². The highest BCUT2D eigenvalue weighted by molar-refractivity contribution is 5.79. The lowest BCUT2D eigenvalue weighted by atomic mass is 10.2. The molecule has 1 saturated heterocycles. The lowest BCUT2D eigenvalue weighted by molar-refractivity contribution is 0.117. The van der Waals surface area contributed by atoms with Crippen molar-refractivity contribution in [2.45, 2.75) is 32.4 Å². The van der Waals surface area contributed by atoms with Crippen LogP contribution in [0.5, 0.6) is 0 Å². The third kappa shape index (κ3) is 4.53. The molecule has 0 bridgehead atoms. The normalized spacial score (nSPS) is 19.1. The molecule has 1 heterocycles. The molecule has 1 aromatic carbocycles. The number of guanidine groups is 1. The highest BCUT2D eigenvalue weighted by atomic mass is 16.5. The van der Waals surface area contributed by atoms with Crippen LogP contribution in [0.4, 0.5) is 0 Å². The molecular formula is C16H25N3O. The van der Waals surface area contributed by atoms with Gasteiger partial charge in [-0.15, -0.1) is 0 Å². The maximum absolute atomic E-state index is 5.63. The molecule has 4 heteroatoms. The highest BCUT2D eigenvalue weighted by Crippen LogP contribution is 2.12. The van der Waals surface area contributed by atoms with Crippen molar-refractivity contribution < 1.29 is 4.74 Å². The predicted molar refractivity (Wildman–Crippen MR) is 82.9 cm³/mol. The molecule has 0 saturated carbocycles. The van der Waals surface area contributed by atoms with Crippen LogP contribution in [0.1, 0.15) is 25.3 Å². The van der Waals surface area contributed by atoms with Crippen LogP contribution in [0.3, 0.4) is 0 Å². The van der Waals surface area contributed by atoms with Gasteiger partial charge in [-0.3, -0.25) is 4.99 Å². The second kappa shape index (κ2) is 7.90. The van der Waals surface area contributed by atoms with Crippen molar-refractivity contribution in [3.63, 3.8) is 0 Å². The van der Waals surface area contributed by atoms with Gasteiger partial charge >= 0.3 is 0 Å². The van der Waals surface area contributed by atoms with Crippen molar-refractivity contribution in [3.8, 4) is 0 Å². The molecule has 0 spiro atoms. The van der Waals surface area contributed by atoms with Crippen molar-refractivity contribution in [2.75, 3.05) is 26.7 Å². The Morgan fingerprint density at radius 2 is 2.20 bits per heavy atom. The molecule has 110 valence electrons. The zero-order valence-corrected chi connectivity index (χ0v) is 12.5. The van der Waals surface area contributed by atoms with Crippen molar-refractivity contribution in [2.24, 2.45) is 4.99 Å². The first-order valence-electron chi connectivity index (χ1n) is 7.44. The quantitative estimate of drug-likeness (QED) is 0.661. The second-order valence-corrected chi connectivity index (χ2v) is 5.17. The van der Waals surface area contributed by atoms with Crippen LogP contribution in [0.25, 0.3) is 0 Å². The van der Waals surface area contributed by atoms with E-state index < -0.39 is 0 Å². The van der Waals surface area contributed by atoms with Gasteiger partial charge in [0.05, 0.1) is 12.6 Å². The second-order valence-electron chi connectivity index (χ2n) is 5.17. The van der Waals surface area contributed by atoms with E-state index in [1.54, 1.807) is 0 Å². The van der Waals surface area contributed by atoms with Crippen LogP contribution in [0.15, 0.2) is 35.3 Å². The zero-order chi connectivity index (χ0) is 14.2. The molecule has 1 aliphatic rings. The Balaban J connectivity index is 1.93. The van der Waals surface area contributed by atoms with Crippen molar-refractivity contribution in [1.82, 2.24) is 10.2 Å². The number of benzene rings is 1. The fourth-order valence-electron chi connectivity index (χ4n) is 2.38. The van der Waals surface area contributed by atoms with Gasteiger partial charge in [0.25, 0.3) is 0 Å². The molecule has 1 aromatic rings. The summed E-state index contributed by atoms with van der Waals surface area (Å²) in [7, 11) is 2.07. The maximum Gasteiger partial charge on any atom is 0.194 e. The predicted octanol–water partition coefficient (Wildman–Crippen LogP) is 2.26. The summed E-state index contributed by atoms with van der Waals surface area (Å²) in [4.78, 5) is 6.86. The van der Waals surface area contributed by atoms with Gasteiger partial charge in [0, 0.05) is 26.7 Å². The van der Waals surface area contributed by atoms with Crippen LogP contribution in [0, 0.1) is 0 Å². The molecule has 2 rings (SSSR count). The minimum absolute atomic E-state index is 0.300. The third-order valence-electron chi connectivity index (χ3n) is 3.43. The average molecular weight is 275 g/mol. The lowest BCUT2D eigenvalue weighted by Gasteiger charge is -2.22. The van der Waals surface area contributed by atoms with Gasteiger partial charge in [-0.1, -0.05) is 30.3 Å². The average Bonchev–Trinajstić information content (AvgIpc) is 2.97. The fourth-order valence-corrected chi connectivity index (χ4v) is 2.38. The lowest BCUT2D eigenvalue weighted by Crippen LogP contribution is -2.39. The molecule has 1 fully saturated rings. The minimum atomic E-state index is 0.300. The molecule has 1 aliphatic heterocycles. The zero-order valence-electron chi connectivity index (χ0n) is 12.5. The molecule has 0 radical (unpaired) electrons. The molecule has 0 aliphatic carbocycles. The Morgan fingerprint density at radius 1 is 1.40 bits per heavy atom. The van der Waals surface area contributed by atoms with Crippen molar-refractivity contribution in [1.29, 1.82) is 0 Å². The first-order chi connectivity index (χ1) is 9.79. The van der Waals surface area contributed by atoms with Crippen LogP contribution >= 0.6 is 0 Å². The molecule has 4 nitrogen and oxygen atoms in total. The Labute approximate surface area is 121 Å². The topological polar surface area (TPSA) is 36.9 Å². The number of hydrogen-bond donors (Lipinski definition) is 1. The Kier molecular flexibility index (Phi) is 5.87. The number of nitrogens with zero attached hydrogens (tertiary/aromatic N) is 2. The van der Waals surface area contributed by atoms with E-state index in [1.165, 1.54) is 5.56 Å². The van der Waals surface area contributed by atoms with E-state index in [-0.39, 0.29) is 0 Å². The first-order valence-corrected chi connectivity index (χ1v) is 7.44. The van der Waals surface area contributed by atoms with E-state index in [1.807, 2.05) is 6.07 Å². The van der Waals surface area contributed by atoms with Gasteiger partial charge in [0.1, 0.15) is 0 Å². The molecule has 1 unspecified atom stereocenters. The number of aliphatic imine (C=N–C) groups is 1. The SMILES string of the molecule is CCNC(=NCC1CCCO1)N(C)Cc1ccccc1. The molecular weight excluding hydrogens is 250 g/mol. The van der Waals surface area contributed by atoms with Gasteiger partial charge in [0.2, 0.25) is 0 Å². The standard InChI is InChI=1S/C16H25N3O/c1-3-17-16(18-12-15-10-7-11-20-15)19(2)13-14-8-5-4-6-9-14/h4-6,8-9,15H,3,7,10-13H2,1-2H3,(H,17,18). The van der Waals surface area contributed by atoms with E-state index in [4.69, 9.17) is 9.73 Å². The Hall–Kier alpha value is -1.55. The van der Waals surface area contributed by atoms with Gasteiger partial charge in [-0.05, 0) is 25.3 Å². The largest absolute Gasteiger partial charge is 0.376 e. The molecule has 0 amide bonds. The van der Waals surface area contributed by atoms with E-state index in [2.05, 4.69) is 48.5 Å². The molecule has 0 aromatic heterocycles. The van der Waals surface area contributed by atoms with E-state index in [0.29, 0.717) is 6.10 Å². The summed E-state index contributed by atoms with van der Waals surface area (Å²) in [5, 5.41) is 3.35. The monoisotopic (exact) mass is 275 g/mol. The fraction of sp³-hybridized carbons (Fsp3) is 0.562. The maximum atomic E-state index is 5.63. The molecule has 1 N–H and O–H groups in total. The number of hydrogen-bond acceptors (Lipinski definition) is 2. The number of rotatable bonds is 5. The van der Waals surface area contributed by atoms with Crippen LogP contribution in [-0.4, -0.2) is 43.7 Å². The van der Waals surface area contributed by atoms with Gasteiger partial charge in [-0.25, -0.2) is 0 Å². The van der Waals surface area contributed by atoms with Gasteiger partial charge < -0.3 is 15.0 Å². The van der Waals surface area contributed by atoms with Crippen LogP contribution in [-0.2, 0) is 11.3 Å². The summed E-state index contributed by atoms with van der Waals surface area (Å²) in [6.45, 7) is 5.47. The summed E-state index contributed by atoms with van der Waals surface area (Å²) in [5.41, 5.74) is 1.29. The van der Waals surface area contributed by atoms with Crippen molar-refractivity contribution >= 4 is 5.96 Å².